The molecule has 0 unspecified atom stereocenters. The van der Waals surface area contributed by atoms with Crippen molar-refractivity contribution in [2.45, 2.75) is 45.6 Å². The van der Waals surface area contributed by atoms with Crippen LogP contribution < -0.4 is 10.1 Å². The lowest BCUT2D eigenvalue weighted by molar-refractivity contribution is -0.158. The SMILES string of the molecule is CCOc1ccc(C(=O)NCC(=O)O[C@@H](C)C(=O)N2CCCCCC2)cc1. The fourth-order valence-electron chi connectivity index (χ4n) is 2.96. The molecule has 1 heterocycles. The van der Waals surface area contributed by atoms with E-state index in [0.29, 0.717) is 31.0 Å². The van der Waals surface area contributed by atoms with E-state index < -0.39 is 12.1 Å². The maximum absolute atomic E-state index is 12.4. The lowest BCUT2D eigenvalue weighted by atomic mass is 10.2. The van der Waals surface area contributed by atoms with Gasteiger partial charge in [-0.25, -0.2) is 0 Å². The van der Waals surface area contributed by atoms with Crippen LogP contribution in [0.4, 0.5) is 0 Å². The standard InChI is InChI=1S/C20H28N2O5/c1-3-26-17-10-8-16(9-11-17)19(24)21-14-18(23)27-15(2)20(25)22-12-6-4-5-7-13-22/h8-11,15H,3-7,12-14H2,1-2H3,(H,21,24)/t15-/m0/s1. The number of rotatable bonds is 7. The van der Waals surface area contributed by atoms with E-state index in [1.165, 1.54) is 0 Å². The third kappa shape index (κ3) is 6.58. The zero-order chi connectivity index (χ0) is 19.6. The fraction of sp³-hybridized carbons (Fsp3) is 0.550. The summed E-state index contributed by atoms with van der Waals surface area (Å²) >= 11 is 0. The first-order chi connectivity index (χ1) is 13.0. The van der Waals surface area contributed by atoms with Gasteiger partial charge >= 0.3 is 5.97 Å². The summed E-state index contributed by atoms with van der Waals surface area (Å²) in [5.41, 5.74) is 0.417. The number of hydrogen-bond donors (Lipinski definition) is 1. The first-order valence-corrected chi connectivity index (χ1v) is 9.50. The quantitative estimate of drug-likeness (QED) is 0.737. The summed E-state index contributed by atoms with van der Waals surface area (Å²) in [5, 5.41) is 2.50. The Kier molecular flexibility index (Phi) is 8.10. The number of likely N-dealkylation sites (tertiary alicyclic amines) is 1. The van der Waals surface area contributed by atoms with Gasteiger partial charge in [0, 0.05) is 18.7 Å². The normalized spacial score (nSPS) is 15.4. The van der Waals surface area contributed by atoms with Gasteiger partial charge in [0.15, 0.2) is 6.10 Å². The number of ether oxygens (including phenoxy) is 2. The number of carbonyl (C=O) groups excluding carboxylic acids is 3. The predicted molar refractivity (Wildman–Crippen MR) is 101 cm³/mol. The van der Waals surface area contributed by atoms with Gasteiger partial charge in [0.2, 0.25) is 0 Å². The molecular weight excluding hydrogens is 348 g/mol. The van der Waals surface area contributed by atoms with Crippen LogP contribution in [0.2, 0.25) is 0 Å². The van der Waals surface area contributed by atoms with Crippen LogP contribution in [0.15, 0.2) is 24.3 Å². The molecule has 0 aliphatic carbocycles. The number of carbonyl (C=O) groups is 3. The zero-order valence-corrected chi connectivity index (χ0v) is 16.0. The minimum Gasteiger partial charge on any atom is -0.494 e. The van der Waals surface area contributed by atoms with E-state index in [-0.39, 0.29) is 18.4 Å². The van der Waals surface area contributed by atoms with E-state index in [9.17, 15) is 14.4 Å². The Morgan fingerprint density at radius 1 is 1.07 bits per heavy atom. The molecule has 0 radical (unpaired) electrons. The second-order valence-electron chi connectivity index (χ2n) is 6.51. The minimum absolute atomic E-state index is 0.178. The number of nitrogens with zero attached hydrogens (tertiary/aromatic N) is 1. The van der Waals surface area contributed by atoms with Gasteiger partial charge < -0.3 is 19.7 Å². The van der Waals surface area contributed by atoms with Crippen molar-refractivity contribution in [3.8, 4) is 5.75 Å². The van der Waals surface area contributed by atoms with Crippen LogP contribution in [0.5, 0.6) is 5.75 Å². The van der Waals surface area contributed by atoms with E-state index in [1.54, 1.807) is 36.1 Å². The number of amides is 2. The molecule has 0 aromatic heterocycles. The highest BCUT2D eigenvalue weighted by molar-refractivity contribution is 5.96. The summed E-state index contributed by atoms with van der Waals surface area (Å²) in [6.45, 7) is 5.12. The first-order valence-electron chi connectivity index (χ1n) is 9.50. The van der Waals surface area contributed by atoms with E-state index in [1.807, 2.05) is 6.92 Å². The van der Waals surface area contributed by atoms with Crippen LogP contribution in [0.1, 0.15) is 49.9 Å². The van der Waals surface area contributed by atoms with Gasteiger partial charge in [-0.05, 0) is 51.0 Å². The predicted octanol–water partition coefficient (Wildman–Crippen LogP) is 2.15. The van der Waals surface area contributed by atoms with E-state index >= 15 is 0 Å². The third-order valence-corrected chi connectivity index (χ3v) is 4.39. The second kappa shape index (κ2) is 10.5. The van der Waals surface area contributed by atoms with Crippen LogP contribution in [0.3, 0.4) is 0 Å². The maximum atomic E-state index is 12.4. The molecule has 7 heteroatoms. The number of nitrogens with one attached hydrogen (secondary N) is 1. The molecule has 27 heavy (non-hydrogen) atoms. The van der Waals surface area contributed by atoms with Gasteiger partial charge in [0.1, 0.15) is 12.3 Å². The third-order valence-electron chi connectivity index (χ3n) is 4.39. The van der Waals surface area contributed by atoms with Crippen molar-refractivity contribution in [3.63, 3.8) is 0 Å². The average molecular weight is 376 g/mol. The summed E-state index contributed by atoms with van der Waals surface area (Å²) in [7, 11) is 0. The number of benzene rings is 1. The molecule has 1 aliphatic rings. The molecule has 1 atom stereocenters. The molecule has 148 valence electrons. The molecule has 2 rings (SSSR count). The second-order valence-corrected chi connectivity index (χ2v) is 6.51. The summed E-state index contributed by atoms with van der Waals surface area (Å²) in [6, 6.07) is 6.63. The lowest BCUT2D eigenvalue weighted by Crippen LogP contribution is -2.42. The van der Waals surface area contributed by atoms with Crippen LogP contribution in [-0.4, -0.2) is 55.0 Å². The monoisotopic (exact) mass is 376 g/mol. The molecule has 1 fully saturated rings. The summed E-state index contributed by atoms with van der Waals surface area (Å²) in [6.07, 6.45) is 3.35. The molecule has 0 spiro atoms. The molecule has 1 aromatic carbocycles. The Labute approximate surface area is 160 Å². The van der Waals surface area contributed by atoms with Gasteiger partial charge in [-0.1, -0.05) is 12.8 Å². The van der Waals surface area contributed by atoms with Crippen molar-refractivity contribution in [3.05, 3.63) is 29.8 Å². The van der Waals surface area contributed by atoms with Gasteiger partial charge in [0.25, 0.3) is 11.8 Å². The molecule has 1 N–H and O–H groups in total. The van der Waals surface area contributed by atoms with Crippen molar-refractivity contribution >= 4 is 17.8 Å². The Morgan fingerprint density at radius 3 is 2.30 bits per heavy atom. The van der Waals surface area contributed by atoms with Gasteiger partial charge in [0.05, 0.1) is 6.61 Å². The zero-order valence-electron chi connectivity index (χ0n) is 16.0. The fourth-order valence-corrected chi connectivity index (χ4v) is 2.96. The first kappa shape index (κ1) is 20.7. The van der Waals surface area contributed by atoms with Crippen molar-refractivity contribution in [2.75, 3.05) is 26.2 Å². The molecule has 1 aromatic rings. The average Bonchev–Trinajstić information content (AvgIpc) is 2.95. The Bertz CT molecular complexity index is 636. The maximum Gasteiger partial charge on any atom is 0.326 e. The molecule has 0 bridgehead atoms. The topological polar surface area (TPSA) is 84.9 Å². The molecular formula is C20H28N2O5. The van der Waals surface area contributed by atoms with E-state index in [2.05, 4.69) is 5.32 Å². The summed E-state index contributed by atoms with van der Waals surface area (Å²) < 4.78 is 10.5. The summed E-state index contributed by atoms with van der Waals surface area (Å²) in [5.74, 6) is -0.524. The molecule has 1 aliphatic heterocycles. The largest absolute Gasteiger partial charge is 0.494 e. The minimum atomic E-state index is -0.849. The highest BCUT2D eigenvalue weighted by Gasteiger charge is 2.24. The van der Waals surface area contributed by atoms with Gasteiger partial charge in [-0.15, -0.1) is 0 Å². The highest BCUT2D eigenvalue weighted by atomic mass is 16.5. The number of esters is 1. The Morgan fingerprint density at radius 2 is 1.70 bits per heavy atom. The molecule has 7 nitrogen and oxygen atoms in total. The smallest absolute Gasteiger partial charge is 0.326 e. The van der Waals surface area contributed by atoms with Crippen LogP contribution >= 0.6 is 0 Å². The van der Waals surface area contributed by atoms with Gasteiger partial charge in [-0.3, -0.25) is 14.4 Å². The van der Waals surface area contributed by atoms with Crippen LogP contribution in [0, 0.1) is 0 Å². The van der Waals surface area contributed by atoms with Crippen LogP contribution in [-0.2, 0) is 14.3 Å². The van der Waals surface area contributed by atoms with Gasteiger partial charge in [-0.2, -0.15) is 0 Å². The van der Waals surface area contributed by atoms with Crippen molar-refractivity contribution in [2.24, 2.45) is 0 Å². The van der Waals surface area contributed by atoms with Crippen molar-refractivity contribution < 1.29 is 23.9 Å². The number of hydrogen-bond acceptors (Lipinski definition) is 5. The summed E-state index contributed by atoms with van der Waals surface area (Å²) in [4.78, 5) is 38.2. The highest BCUT2D eigenvalue weighted by Crippen LogP contribution is 2.13. The molecule has 2 amide bonds. The Balaban J connectivity index is 1.77. The lowest BCUT2D eigenvalue weighted by Gasteiger charge is -2.24. The molecule has 0 saturated carbocycles. The van der Waals surface area contributed by atoms with E-state index in [0.717, 1.165) is 25.7 Å². The van der Waals surface area contributed by atoms with Crippen molar-refractivity contribution in [1.82, 2.24) is 10.2 Å². The van der Waals surface area contributed by atoms with Crippen LogP contribution in [0.25, 0.3) is 0 Å². The van der Waals surface area contributed by atoms with E-state index in [4.69, 9.17) is 9.47 Å². The molecule has 1 saturated heterocycles. The Hall–Kier alpha value is -2.57. The van der Waals surface area contributed by atoms with Crippen molar-refractivity contribution in [1.29, 1.82) is 0 Å².